The monoisotopic (exact) mass is 193 g/mol. The third kappa shape index (κ3) is 14.1. The maximum atomic E-state index is 10.8. The van der Waals surface area contributed by atoms with E-state index in [0.29, 0.717) is 0 Å². The van der Waals surface area contributed by atoms with Gasteiger partial charge in [0.25, 0.3) is 0 Å². The van der Waals surface area contributed by atoms with Gasteiger partial charge in [-0.25, -0.2) is 4.79 Å². The molecule has 0 saturated heterocycles. The number of rotatable bonds is 2. The summed E-state index contributed by atoms with van der Waals surface area (Å²) in [6.45, 7) is 9.51. The minimum absolute atomic E-state index is 0. The number of aliphatic hydroxyl groups is 1. The van der Waals surface area contributed by atoms with Gasteiger partial charge in [-0.2, -0.15) is 0 Å². The Morgan fingerprint density at radius 2 is 1.92 bits per heavy atom. The predicted octanol–water partition coefficient (Wildman–Crippen LogP) is 1.78. The summed E-state index contributed by atoms with van der Waals surface area (Å²) in [5.41, 5.74) is -0.473. The zero-order valence-corrected chi connectivity index (χ0v) is 9.18. The second kappa shape index (κ2) is 7.86. The number of hydrogen-bond donors (Lipinski definition) is 2. The molecular weight excluding hydrogens is 170 g/mol. The zero-order valence-electron chi connectivity index (χ0n) is 9.18. The largest absolute Gasteiger partial charge is 0.444 e. The highest BCUT2D eigenvalue weighted by Gasteiger charge is 2.14. The van der Waals surface area contributed by atoms with Gasteiger partial charge in [-0.3, -0.25) is 0 Å². The van der Waals surface area contributed by atoms with E-state index in [-0.39, 0.29) is 14.6 Å². The van der Waals surface area contributed by atoms with Crippen molar-refractivity contribution in [2.45, 2.75) is 40.2 Å². The Morgan fingerprint density at radius 1 is 1.46 bits per heavy atom. The normalized spacial score (nSPS) is 9.69. The number of ether oxygens (including phenoxy) is 1. The molecular formula is C9H23NO3. The van der Waals surface area contributed by atoms with Crippen LogP contribution < -0.4 is 5.32 Å². The van der Waals surface area contributed by atoms with E-state index in [1.54, 1.807) is 20.8 Å². The average Bonchev–Trinajstić information content (AvgIpc) is 2.01. The van der Waals surface area contributed by atoms with Crippen molar-refractivity contribution >= 4 is 6.09 Å². The molecule has 0 radical (unpaired) electrons. The summed E-state index contributed by atoms with van der Waals surface area (Å²) in [4.78, 5) is 10.8. The standard InChI is InChI=1S/C7H15NO3.C2H6.H2/c1-7(2,3)11-6(10)8-4-5-9;1-2;/h9H,4-5H2,1-3H3,(H,8,10);1-2H3;1H. The van der Waals surface area contributed by atoms with Crippen molar-refractivity contribution in [3.63, 3.8) is 0 Å². The van der Waals surface area contributed by atoms with Gasteiger partial charge in [0, 0.05) is 7.97 Å². The fraction of sp³-hybridized carbons (Fsp3) is 0.889. The molecule has 0 spiro atoms. The lowest BCUT2D eigenvalue weighted by atomic mass is 10.2. The number of carbonyl (C=O) groups is 1. The topological polar surface area (TPSA) is 58.6 Å². The maximum absolute atomic E-state index is 10.8. The first kappa shape index (κ1) is 14.7. The Bertz CT molecular complexity index is 135. The molecule has 0 aliphatic carbocycles. The Balaban J connectivity index is -0.000000376. The average molecular weight is 193 g/mol. The summed E-state index contributed by atoms with van der Waals surface area (Å²) in [6.07, 6.45) is -0.494. The molecule has 4 heteroatoms. The van der Waals surface area contributed by atoms with Crippen LogP contribution in [0.4, 0.5) is 4.79 Å². The van der Waals surface area contributed by atoms with E-state index in [9.17, 15) is 4.79 Å². The van der Waals surface area contributed by atoms with Crippen LogP contribution in [0.25, 0.3) is 0 Å². The third-order valence-corrected chi connectivity index (χ3v) is 0.780. The van der Waals surface area contributed by atoms with Gasteiger partial charge in [-0.05, 0) is 20.8 Å². The number of aliphatic hydroxyl groups excluding tert-OH is 1. The van der Waals surface area contributed by atoms with Gasteiger partial charge in [0.2, 0.25) is 0 Å². The molecule has 82 valence electrons. The number of nitrogens with one attached hydrogen (secondary N) is 1. The molecule has 0 bridgehead atoms. The highest BCUT2D eigenvalue weighted by molar-refractivity contribution is 5.67. The predicted molar refractivity (Wildman–Crippen MR) is 54.8 cm³/mol. The lowest BCUT2D eigenvalue weighted by Crippen LogP contribution is -2.33. The van der Waals surface area contributed by atoms with Gasteiger partial charge < -0.3 is 15.2 Å². The molecule has 0 rings (SSSR count). The SMILES string of the molecule is CC.CC(C)(C)OC(=O)NCCO.[HH]. The van der Waals surface area contributed by atoms with Crippen molar-refractivity contribution in [3.05, 3.63) is 0 Å². The van der Waals surface area contributed by atoms with Crippen LogP contribution in [0.2, 0.25) is 0 Å². The minimum atomic E-state index is -0.494. The lowest BCUT2D eigenvalue weighted by Gasteiger charge is -2.19. The quantitative estimate of drug-likeness (QED) is 0.702. The summed E-state index contributed by atoms with van der Waals surface area (Å²) in [5, 5.41) is 10.7. The van der Waals surface area contributed by atoms with E-state index in [0.717, 1.165) is 0 Å². The highest BCUT2D eigenvalue weighted by atomic mass is 16.6. The molecule has 0 atom stereocenters. The van der Waals surface area contributed by atoms with Crippen LogP contribution in [0, 0.1) is 0 Å². The molecule has 0 aliphatic rings. The van der Waals surface area contributed by atoms with E-state index < -0.39 is 11.7 Å². The van der Waals surface area contributed by atoms with Crippen LogP contribution in [0.1, 0.15) is 36.0 Å². The summed E-state index contributed by atoms with van der Waals surface area (Å²) in [6, 6.07) is 0. The Labute approximate surface area is 81.8 Å². The number of amides is 1. The summed E-state index contributed by atoms with van der Waals surface area (Å²) >= 11 is 0. The molecule has 0 fully saturated rings. The van der Waals surface area contributed by atoms with Crippen LogP contribution >= 0.6 is 0 Å². The molecule has 0 saturated carbocycles. The van der Waals surface area contributed by atoms with E-state index in [1.165, 1.54) is 0 Å². The van der Waals surface area contributed by atoms with E-state index >= 15 is 0 Å². The van der Waals surface area contributed by atoms with Crippen molar-refractivity contribution < 1.29 is 16.1 Å². The first-order valence-electron chi connectivity index (χ1n) is 4.53. The van der Waals surface area contributed by atoms with Gasteiger partial charge in [0.05, 0.1) is 6.61 Å². The molecule has 0 aliphatic heterocycles. The zero-order chi connectivity index (χ0) is 10.9. The maximum Gasteiger partial charge on any atom is 0.407 e. The molecule has 0 aromatic carbocycles. The Hall–Kier alpha value is -0.770. The fourth-order valence-corrected chi connectivity index (χ4v) is 0.472. The highest BCUT2D eigenvalue weighted by Crippen LogP contribution is 2.05. The molecule has 1 amide bonds. The smallest absolute Gasteiger partial charge is 0.407 e. The summed E-state index contributed by atoms with van der Waals surface area (Å²) in [5.74, 6) is 0. The van der Waals surface area contributed by atoms with E-state index in [2.05, 4.69) is 5.32 Å². The van der Waals surface area contributed by atoms with Crippen molar-refractivity contribution in [2.75, 3.05) is 13.2 Å². The molecule has 4 nitrogen and oxygen atoms in total. The first-order chi connectivity index (χ1) is 5.95. The molecule has 0 unspecified atom stereocenters. The van der Waals surface area contributed by atoms with Gasteiger partial charge in [-0.1, -0.05) is 13.8 Å². The fourth-order valence-electron chi connectivity index (χ4n) is 0.472. The van der Waals surface area contributed by atoms with Crippen LogP contribution in [0.5, 0.6) is 0 Å². The molecule has 0 aromatic heterocycles. The number of alkyl carbamates (subject to hydrolysis) is 1. The van der Waals surface area contributed by atoms with E-state index in [1.807, 2.05) is 13.8 Å². The van der Waals surface area contributed by atoms with Crippen molar-refractivity contribution in [1.29, 1.82) is 0 Å². The lowest BCUT2D eigenvalue weighted by molar-refractivity contribution is 0.0518. The van der Waals surface area contributed by atoms with Gasteiger partial charge in [-0.15, -0.1) is 0 Å². The van der Waals surface area contributed by atoms with Gasteiger partial charge in [0.15, 0.2) is 0 Å². The van der Waals surface area contributed by atoms with Crippen LogP contribution in [-0.4, -0.2) is 30.0 Å². The second-order valence-electron chi connectivity index (χ2n) is 3.15. The Kier molecular flexibility index (Phi) is 8.91. The molecule has 2 N–H and O–H groups in total. The first-order valence-corrected chi connectivity index (χ1v) is 4.53. The third-order valence-electron chi connectivity index (χ3n) is 0.780. The van der Waals surface area contributed by atoms with Crippen molar-refractivity contribution in [2.24, 2.45) is 0 Å². The van der Waals surface area contributed by atoms with Crippen molar-refractivity contribution in [3.8, 4) is 0 Å². The molecule has 0 heterocycles. The van der Waals surface area contributed by atoms with Crippen molar-refractivity contribution in [1.82, 2.24) is 5.32 Å². The van der Waals surface area contributed by atoms with Crippen LogP contribution in [-0.2, 0) is 4.74 Å². The minimum Gasteiger partial charge on any atom is -0.444 e. The van der Waals surface area contributed by atoms with E-state index in [4.69, 9.17) is 9.84 Å². The second-order valence-corrected chi connectivity index (χ2v) is 3.15. The Morgan fingerprint density at radius 3 is 2.23 bits per heavy atom. The van der Waals surface area contributed by atoms with Gasteiger partial charge in [0.1, 0.15) is 5.60 Å². The summed E-state index contributed by atoms with van der Waals surface area (Å²) in [7, 11) is 0. The number of hydrogen-bond acceptors (Lipinski definition) is 3. The number of carbonyl (C=O) groups excluding carboxylic acids is 1. The summed E-state index contributed by atoms with van der Waals surface area (Å²) < 4.78 is 4.88. The van der Waals surface area contributed by atoms with Crippen LogP contribution in [0.3, 0.4) is 0 Å². The molecule has 13 heavy (non-hydrogen) atoms. The molecule has 0 aromatic rings. The van der Waals surface area contributed by atoms with Gasteiger partial charge >= 0.3 is 6.09 Å². The van der Waals surface area contributed by atoms with Crippen LogP contribution in [0.15, 0.2) is 0 Å².